The maximum atomic E-state index is 12.5. The summed E-state index contributed by atoms with van der Waals surface area (Å²) >= 11 is 0. The van der Waals surface area contributed by atoms with E-state index >= 15 is 0 Å². The van der Waals surface area contributed by atoms with Gasteiger partial charge < -0.3 is 19.8 Å². The van der Waals surface area contributed by atoms with Gasteiger partial charge in [0.1, 0.15) is 18.1 Å². The molecule has 0 aliphatic rings. The number of aromatic nitrogens is 2. The first kappa shape index (κ1) is 15.2. The van der Waals surface area contributed by atoms with Gasteiger partial charge in [0.05, 0.1) is 18.5 Å². The SMILES string of the molecule is COCCOc1ccccc1C(=O)c1cn(CCN)cn1. The zero-order chi connectivity index (χ0) is 15.1. The average Bonchev–Trinajstić information content (AvgIpc) is 2.96. The Kier molecular flexibility index (Phi) is 5.48. The number of methoxy groups -OCH3 is 1. The van der Waals surface area contributed by atoms with Gasteiger partial charge in [0, 0.05) is 26.4 Å². The molecule has 0 saturated carbocycles. The molecule has 2 aromatic rings. The summed E-state index contributed by atoms with van der Waals surface area (Å²) in [6.45, 7) is 1.99. The standard InChI is InChI=1S/C15H19N3O3/c1-20-8-9-21-14-5-3-2-4-12(14)15(19)13-10-18(7-6-16)11-17-13/h2-5,10-11H,6-9,16H2,1H3. The number of para-hydroxylation sites is 1. The fourth-order valence-electron chi connectivity index (χ4n) is 1.90. The van der Waals surface area contributed by atoms with Crippen molar-refractivity contribution in [1.82, 2.24) is 9.55 Å². The number of nitrogens with zero attached hydrogens (tertiary/aromatic N) is 2. The van der Waals surface area contributed by atoms with Gasteiger partial charge in [-0.2, -0.15) is 0 Å². The van der Waals surface area contributed by atoms with Crippen molar-refractivity contribution in [2.24, 2.45) is 5.73 Å². The van der Waals surface area contributed by atoms with Crippen LogP contribution in [-0.4, -0.2) is 42.2 Å². The Bertz CT molecular complexity index is 595. The number of benzene rings is 1. The van der Waals surface area contributed by atoms with Crippen LogP contribution >= 0.6 is 0 Å². The van der Waals surface area contributed by atoms with Crippen molar-refractivity contribution in [3.8, 4) is 5.75 Å². The van der Waals surface area contributed by atoms with Crippen LogP contribution in [0.2, 0.25) is 0 Å². The largest absolute Gasteiger partial charge is 0.490 e. The molecule has 0 spiro atoms. The summed E-state index contributed by atoms with van der Waals surface area (Å²) in [7, 11) is 1.60. The topological polar surface area (TPSA) is 79.4 Å². The lowest BCUT2D eigenvalue weighted by Crippen LogP contribution is -2.10. The lowest BCUT2D eigenvalue weighted by molar-refractivity contribution is 0.102. The Morgan fingerprint density at radius 1 is 1.33 bits per heavy atom. The quantitative estimate of drug-likeness (QED) is 0.581. The molecule has 0 saturated heterocycles. The van der Waals surface area contributed by atoms with E-state index in [9.17, 15) is 4.79 Å². The summed E-state index contributed by atoms with van der Waals surface area (Å²) in [6, 6.07) is 7.12. The van der Waals surface area contributed by atoms with E-state index < -0.39 is 0 Å². The number of carbonyl (C=O) groups is 1. The number of carbonyl (C=O) groups excluding carboxylic acids is 1. The molecule has 2 N–H and O–H groups in total. The fraction of sp³-hybridized carbons (Fsp3) is 0.333. The second-order valence-corrected chi connectivity index (χ2v) is 4.45. The van der Waals surface area contributed by atoms with Gasteiger partial charge >= 0.3 is 0 Å². The Balaban J connectivity index is 2.17. The summed E-state index contributed by atoms with van der Waals surface area (Å²) in [5.74, 6) is 0.367. The summed E-state index contributed by atoms with van der Waals surface area (Å²) in [5, 5.41) is 0. The van der Waals surface area contributed by atoms with Crippen molar-refractivity contribution in [3.63, 3.8) is 0 Å². The molecule has 0 fully saturated rings. The van der Waals surface area contributed by atoms with Crippen molar-refractivity contribution in [3.05, 3.63) is 48.0 Å². The highest BCUT2D eigenvalue weighted by Gasteiger charge is 2.16. The van der Waals surface area contributed by atoms with Gasteiger partial charge in [-0.25, -0.2) is 4.98 Å². The number of hydrogen-bond acceptors (Lipinski definition) is 5. The van der Waals surface area contributed by atoms with Gasteiger partial charge in [-0.3, -0.25) is 4.79 Å². The van der Waals surface area contributed by atoms with Crippen molar-refractivity contribution in [1.29, 1.82) is 0 Å². The lowest BCUT2D eigenvalue weighted by atomic mass is 10.1. The molecule has 0 aliphatic heterocycles. The van der Waals surface area contributed by atoms with E-state index in [0.29, 0.717) is 43.3 Å². The number of ether oxygens (including phenoxy) is 2. The predicted molar refractivity (Wildman–Crippen MR) is 78.5 cm³/mol. The molecule has 2 rings (SSSR count). The van der Waals surface area contributed by atoms with Crippen molar-refractivity contribution in [2.75, 3.05) is 26.9 Å². The summed E-state index contributed by atoms with van der Waals surface area (Å²) in [5.41, 5.74) is 6.36. The molecule has 0 bridgehead atoms. The Hall–Kier alpha value is -2.18. The lowest BCUT2D eigenvalue weighted by Gasteiger charge is -2.09. The van der Waals surface area contributed by atoms with Gasteiger partial charge in [-0.15, -0.1) is 0 Å². The maximum absolute atomic E-state index is 12.5. The highest BCUT2D eigenvalue weighted by Crippen LogP contribution is 2.21. The predicted octanol–water partition coefficient (Wildman–Crippen LogP) is 1.10. The molecule has 6 nitrogen and oxygen atoms in total. The van der Waals surface area contributed by atoms with Gasteiger partial charge in [0.15, 0.2) is 0 Å². The number of ketones is 1. The Morgan fingerprint density at radius 2 is 2.14 bits per heavy atom. The molecule has 0 aliphatic carbocycles. The molecular weight excluding hydrogens is 270 g/mol. The number of rotatable bonds is 8. The summed E-state index contributed by atoms with van der Waals surface area (Å²) in [6.07, 6.45) is 3.30. The van der Waals surface area contributed by atoms with Crippen LogP contribution in [0.3, 0.4) is 0 Å². The first-order valence-electron chi connectivity index (χ1n) is 6.73. The molecular formula is C15H19N3O3. The molecule has 1 aromatic heterocycles. The van der Waals surface area contributed by atoms with Crippen LogP contribution in [0.15, 0.2) is 36.8 Å². The molecule has 0 amide bonds. The van der Waals surface area contributed by atoms with Gasteiger partial charge in [0.2, 0.25) is 5.78 Å². The third-order valence-corrected chi connectivity index (χ3v) is 2.93. The molecule has 1 aromatic carbocycles. The maximum Gasteiger partial charge on any atom is 0.216 e. The zero-order valence-corrected chi connectivity index (χ0v) is 12.0. The van der Waals surface area contributed by atoms with Crippen LogP contribution in [-0.2, 0) is 11.3 Å². The molecule has 0 unspecified atom stereocenters. The molecule has 112 valence electrons. The van der Waals surface area contributed by atoms with E-state index in [-0.39, 0.29) is 5.78 Å². The van der Waals surface area contributed by atoms with Gasteiger partial charge in [0.25, 0.3) is 0 Å². The molecule has 0 atom stereocenters. The van der Waals surface area contributed by atoms with Gasteiger partial charge in [-0.05, 0) is 12.1 Å². The number of hydrogen-bond donors (Lipinski definition) is 1. The first-order chi connectivity index (χ1) is 10.3. The number of nitrogens with two attached hydrogens (primary N) is 1. The van der Waals surface area contributed by atoms with Crippen molar-refractivity contribution < 1.29 is 14.3 Å². The van der Waals surface area contributed by atoms with Crippen LogP contribution in [0.4, 0.5) is 0 Å². The van der Waals surface area contributed by atoms with Gasteiger partial charge in [-0.1, -0.05) is 12.1 Å². The second-order valence-electron chi connectivity index (χ2n) is 4.45. The Morgan fingerprint density at radius 3 is 2.90 bits per heavy atom. The highest BCUT2D eigenvalue weighted by molar-refractivity contribution is 6.09. The summed E-state index contributed by atoms with van der Waals surface area (Å²) in [4.78, 5) is 16.6. The minimum Gasteiger partial charge on any atom is -0.490 e. The van der Waals surface area contributed by atoms with Crippen LogP contribution < -0.4 is 10.5 Å². The first-order valence-corrected chi connectivity index (χ1v) is 6.73. The molecule has 0 radical (unpaired) electrons. The average molecular weight is 289 g/mol. The fourth-order valence-corrected chi connectivity index (χ4v) is 1.90. The molecule has 1 heterocycles. The van der Waals surface area contributed by atoms with Crippen LogP contribution in [0.25, 0.3) is 0 Å². The highest BCUT2D eigenvalue weighted by atomic mass is 16.5. The van der Waals surface area contributed by atoms with Crippen molar-refractivity contribution in [2.45, 2.75) is 6.54 Å². The van der Waals surface area contributed by atoms with E-state index in [4.69, 9.17) is 15.2 Å². The second kappa shape index (κ2) is 7.56. The van der Waals surface area contributed by atoms with E-state index in [1.54, 1.807) is 42.4 Å². The molecule has 21 heavy (non-hydrogen) atoms. The minimum absolute atomic E-state index is 0.168. The molecule has 6 heteroatoms. The monoisotopic (exact) mass is 289 g/mol. The number of imidazole rings is 1. The third-order valence-electron chi connectivity index (χ3n) is 2.93. The van der Waals surface area contributed by atoms with E-state index in [1.165, 1.54) is 0 Å². The van der Waals surface area contributed by atoms with Crippen LogP contribution in [0.5, 0.6) is 5.75 Å². The third kappa shape index (κ3) is 3.90. The summed E-state index contributed by atoms with van der Waals surface area (Å²) < 4.78 is 12.3. The smallest absolute Gasteiger partial charge is 0.216 e. The van der Waals surface area contributed by atoms with Crippen LogP contribution in [0.1, 0.15) is 16.1 Å². The zero-order valence-electron chi connectivity index (χ0n) is 12.0. The van der Waals surface area contributed by atoms with Crippen LogP contribution in [0, 0.1) is 0 Å². The minimum atomic E-state index is -0.168. The van der Waals surface area contributed by atoms with Crippen molar-refractivity contribution >= 4 is 5.78 Å². The van der Waals surface area contributed by atoms with E-state index in [1.807, 2.05) is 6.07 Å². The Labute approximate surface area is 123 Å². The van der Waals surface area contributed by atoms with E-state index in [0.717, 1.165) is 0 Å². The normalized spacial score (nSPS) is 10.6. The van der Waals surface area contributed by atoms with E-state index in [2.05, 4.69) is 4.98 Å².